The number of hydrogen-bond acceptors (Lipinski definition) is 3. The van der Waals surface area contributed by atoms with Gasteiger partial charge in [0.05, 0.1) is 5.60 Å². The smallest absolute Gasteiger partial charge is 0.0766 e. The number of aliphatic hydroxyl groups is 1. The van der Waals surface area contributed by atoms with Crippen molar-refractivity contribution in [3.63, 3.8) is 0 Å². The van der Waals surface area contributed by atoms with E-state index in [1.54, 1.807) is 0 Å². The fraction of sp³-hybridized carbons (Fsp3) is 1.00. The van der Waals surface area contributed by atoms with Crippen molar-refractivity contribution >= 4 is 0 Å². The molecular formula is C13H27NO2. The maximum atomic E-state index is 10.0. The van der Waals surface area contributed by atoms with Crippen LogP contribution < -0.4 is 5.32 Å². The number of nitrogens with one attached hydrogen (secondary N) is 1. The van der Waals surface area contributed by atoms with Crippen LogP contribution in [0.3, 0.4) is 0 Å². The highest BCUT2D eigenvalue weighted by molar-refractivity contribution is 4.77. The molecule has 0 saturated heterocycles. The lowest BCUT2D eigenvalue weighted by atomic mass is 9.98. The third kappa shape index (κ3) is 5.83. The van der Waals surface area contributed by atoms with Crippen LogP contribution >= 0.6 is 0 Å². The molecule has 2 N–H and O–H groups in total. The van der Waals surface area contributed by atoms with Crippen molar-refractivity contribution in [3.05, 3.63) is 0 Å². The van der Waals surface area contributed by atoms with Gasteiger partial charge in [-0.05, 0) is 44.6 Å². The summed E-state index contributed by atoms with van der Waals surface area (Å²) < 4.78 is 5.54. The zero-order chi connectivity index (χ0) is 11.9. The molecule has 0 bridgehead atoms. The molecule has 1 fully saturated rings. The largest absolute Gasteiger partial charge is 0.389 e. The summed E-state index contributed by atoms with van der Waals surface area (Å²) in [4.78, 5) is 0. The second-order valence-electron chi connectivity index (χ2n) is 4.98. The Kier molecular flexibility index (Phi) is 6.32. The molecule has 1 saturated carbocycles. The summed E-state index contributed by atoms with van der Waals surface area (Å²) in [5, 5.41) is 13.3. The van der Waals surface area contributed by atoms with Crippen LogP contribution in [0.15, 0.2) is 0 Å². The standard InChI is InChI=1S/C13H27NO2/c1-3-13(15,4-2)11-14-8-5-9-16-10-12-6-7-12/h12,14-15H,3-11H2,1-2H3. The fourth-order valence-corrected chi connectivity index (χ4v) is 1.65. The van der Waals surface area contributed by atoms with Crippen LogP contribution in [-0.4, -0.2) is 37.0 Å². The van der Waals surface area contributed by atoms with Gasteiger partial charge in [0.15, 0.2) is 0 Å². The zero-order valence-electron chi connectivity index (χ0n) is 10.8. The Morgan fingerprint density at radius 3 is 2.56 bits per heavy atom. The van der Waals surface area contributed by atoms with Crippen molar-refractivity contribution in [2.45, 2.75) is 51.6 Å². The molecule has 0 radical (unpaired) electrons. The van der Waals surface area contributed by atoms with E-state index in [4.69, 9.17) is 4.74 Å². The second-order valence-corrected chi connectivity index (χ2v) is 4.98. The molecule has 0 atom stereocenters. The van der Waals surface area contributed by atoms with Crippen LogP contribution in [0.4, 0.5) is 0 Å². The van der Waals surface area contributed by atoms with Crippen LogP contribution in [0, 0.1) is 5.92 Å². The van der Waals surface area contributed by atoms with E-state index in [2.05, 4.69) is 5.32 Å². The number of ether oxygens (including phenoxy) is 1. The predicted octanol–water partition coefficient (Wildman–Crippen LogP) is 1.94. The van der Waals surface area contributed by atoms with Gasteiger partial charge in [0.1, 0.15) is 0 Å². The van der Waals surface area contributed by atoms with E-state index in [9.17, 15) is 5.11 Å². The van der Waals surface area contributed by atoms with Gasteiger partial charge >= 0.3 is 0 Å². The van der Waals surface area contributed by atoms with Gasteiger partial charge in [0.2, 0.25) is 0 Å². The van der Waals surface area contributed by atoms with Crippen molar-refractivity contribution in [2.24, 2.45) is 5.92 Å². The zero-order valence-corrected chi connectivity index (χ0v) is 10.8. The minimum Gasteiger partial charge on any atom is -0.389 e. The summed E-state index contributed by atoms with van der Waals surface area (Å²) in [6, 6.07) is 0. The summed E-state index contributed by atoms with van der Waals surface area (Å²) >= 11 is 0. The van der Waals surface area contributed by atoms with Gasteiger partial charge in [0, 0.05) is 19.8 Å². The Bertz CT molecular complexity index is 177. The van der Waals surface area contributed by atoms with Crippen molar-refractivity contribution in [1.82, 2.24) is 5.32 Å². The molecule has 0 aliphatic heterocycles. The van der Waals surface area contributed by atoms with Gasteiger partial charge < -0.3 is 15.2 Å². The predicted molar refractivity (Wildman–Crippen MR) is 66.6 cm³/mol. The first-order valence-electron chi connectivity index (χ1n) is 6.71. The van der Waals surface area contributed by atoms with Gasteiger partial charge in [0.25, 0.3) is 0 Å². The van der Waals surface area contributed by atoms with Crippen molar-refractivity contribution in [3.8, 4) is 0 Å². The maximum absolute atomic E-state index is 10.0. The minimum atomic E-state index is -0.519. The van der Waals surface area contributed by atoms with Crippen molar-refractivity contribution in [1.29, 1.82) is 0 Å². The van der Waals surface area contributed by atoms with E-state index in [-0.39, 0.29) is 0 Å². The molecule has 3 nitrogen and oxygen atoms in total. The SMILES string of the molecule is CCC(O)(CC)CNCCCOCC1CC1. The van der Waals surface area contributed by atoms with Gasteiger partial charge in [-0.25, -0.2) is 0 Å². The van der Waals surface area contributed by atoms with Crippen LogP contribution in [-0.2, 0) is 4.74 Å². The maximum Gasteiger partial charge on any atom is 0.0766 e. The molecule has 16 heavy (non-hydrogen) atoms. The second kappa shape index (κ2) is 7.25. The molecule has 0 amide bonds. The number of rotatable bonds is 10. The van der Waals surface area contributed by atoms with E-state index < -0.39 is 5.60 Å². The van der Waals surface area contributed by atoms with E-state index >= 15 is 0 Å². The molecule has 1 aliphatic carbocycles. The monoisotopic (exact) mass is 229 g/mol. The van der Waals surface area contributed by atoms with Crippen LogP contribution in [0.5, 0.6) is 0 Å². The van der Waals surface area contributed by atoms with Crippen LogP contribution in [0.25, 0.3) is 0 Å². The lowest BCUT2D eigenvalue weighted by molar-refractivity contribution is 0.0319. The minimum absolute atomic E-state index is 0.519. The average Bonchev–Trinajstić information content (AvgIpc) is 3.11. The van der Waals surface area contributed by atoms with E-state index in [0.717, 1.165) is 44.9 Å². The molecule has 1 aliphatic rings. The molecule has 0 aromatic heterocycles. The van der Waals surface area contributed by atoms with E-state index in [1.807, 2.05) is 13.8 Å². The summed E-state index contributed by atoms with van der Waals surface area (Å²) in [5.74, 6) is 0.859. The molecule has 3 heteroatoms. The third-order valence-electron chi connectivity index (χ3n) is 3.46. The van der Waals surface area contributed by atoms with Crippen LogP contribution in [0.2, 0.25) is 0 Å². The highest BCUT2D eigenvalue weighted by Gasteiger charge is 2.21. The van der Waals surface area contributed by atoms with Gasteiger partial charge in [-0.2, -0.15) is 0 Å². The van der Waals surface area contributed by atoms with Crippen molar-refractivity contribution in [2.75, 3.05) is 26.3 Å². The molecule has 0 unspecified atom stereocenters. The summed E-state index contributed by atoms with van der Waals surface area (Å²) in [6.45, 7) is 7.50. The van der Waals surface area contributed by atoms with Gasteiger partial charge in [-0.1, -0.05) is 13.8 Å². The lowest BCUT2D eigenvalue weighted by Crippen LogP contribution is -2.40. The Balaban J connectivity index is 1.86. The Morgan fingerprint density at radius 2 is 2.00 bits per heavy atom. The van der Waals surface area contributed by atoms with Gasteiger partial charge in [-0.15, -0.1) is 0 Å². The molecular weight excluding hydrogens is 202 g/mol. The van der Waals surface area contributed by atoms with Crippen molar-refractivity contribution < 1.29 is 9.84 Å². The van der Waals surface area contributed by atoms with E-state index in [0.29, 0.717) is 6.54 Å². The first kappa shape index (κ1) is 13.9. The summed E-state index contributed by atoms with van der Waals surface area (Å²) in [7, 11) is 0. The first-order chi connectivity index (χ1) is 7.70. The Hall–Kier alpha value is -0.120. The molecule has 0 heterocycles. The Labute approximate surface area is 99.6 Å². The average molecular weight is 229 g/mol. The summed E-state index contributed by atoms with van der Waals surface area (Å²) in [6.07, 6.45) is 5.39. The van der Waals surface area contributed by atoms with E-state index in [1.165, 1.54) is 12.8 Å². The fourth-order valence-electron chi connectivity index (χ4n) is 1.65. The Morgan fingerprint density at radius 1 is 1.31 bits per heavy atom. The number of hydrogen-bond donors (Lipinski definition) is 2. The molecule has 96 valence electrons. The topological polar surface area (TPSA) is 41.5 Å². The quantitative estimate of drug-likeness (QED) is 0.563. The van der Waals surface area contributed by atoms with Gasteiger partial charge in [-0.3, -0.25) is 0 Å². The molecule has 0 aromatic rings. The highest BCUT2D eigenvalue weighted by atomic mass is 16.5. The molecule has 0 aromatic carbocycles. The third-order valence-corrected chi connectivity index (χ3v) is 3.46. The molecule has 1 rings (SSSR count). The highest BCUT2D eigenvalue weighted by Crippen LogP contribution is 2.28. The first-order valence-corrected chi connectivity index (χ1v) is 6.71. The lowest BCUT2D eigenvalue weighted by Gasteiger charge is -2.25. The van der Waals surface area contributed by atoms with Crippen LogP contribution in [0.1, 0.15) is 46.0 Å². The summed E-state index contributed by atoms with van der Waals surface area (Å²) in [5.41, 5.74) is -0.519. The normalized spacial score (nSPS) is 16.7. The molecule has 0 spiro atoms.